The van der Waals surface area contributed by atoms with Crippen LogP contribution in [0.1, 0.15) is 29.3 Å². The molecule has 0 atom stereocenters. The molecule has 0 bridgehead atoms. The predicted molar refractivity (Wildman–Crippen MR) is 131 cm³/mol. The molecular formula is C26H26N4O3. The van der Waals surface area contributed by atoms with Gasteiger partial charge >= 0.3 is 5.69 Å². The Balaban J connectivity index is 1.46. The first-order valence-electron chi connectivity index (χ1n) is 10.9. The lowest BCUT2D eigenvalue weighted by molar-refractivity contribution is -0.116. The van der Waals surface area contributed by atoms with E-state index in [1.165, 1.54) is 0 Å². The number of rotatable bonds is 7. The Morgan fingerprint density at radius 2 is 1.39 bits per heavy atom. The summed E-state index contributed by atoms with van der Waals surface area (Å²) in [6.07, 6.45) is 0.150. The van der Waals surface area contributed by atoms with Gasteiger partial charge in [0.25, 0.3) is 5.91 Å². The maximum atomic E-state index is 12.8. The van der Waals surface area contributed by atoms with Gasteiger partial charge in [0, 0.05) is 36.4 Å². The van der Waals surface area contributed by atoms with Gasteiger partial charge in [-0.15, -0.1) is 0 Å². The van der Waals surface area contributed by atoms with E-state index in [0.717, 1.165) is 16.6 Å². The van der Waals surface area contributed by atoms with Gasteiger partial charge in [-0.25, -0.2) is 4.79 Å². The summed E-state index contributed by atoms with van der Waals surface area (Å²) in [5, 5.41) is 5.81. The molecule has 4 rings (SSSR count). The maximum absolute atomic E-state index is 12.8. The molecule has 0 radical (unpaired) electrons. The highest BCUT2D eigenvalue weighted by Crippen LogP contribution is 2.24. The van der Waals surface area contributed by atoms with E-state index in [1.807, 2.05) is 56.3 Å². The molecule has 7 heteroatoms. The first-order valence-corrected chi connectivity index (χ1v) is 10.9. The molecule has 0 saturated heterocycles. The zero-order chi connectivity index (χ0) is 23.4. The van der Waals surface area contributed by atoms with Gasteiger partial charge in [-0.05, 0) is 55.8 Å². The van der Waals surface area contributed by atoms with Crippen LogP contribution < -0.4 is 16.3 Å². The Bertz CT molecular complexity index is 1370. The van der Waals surface area contributed by atoms with E-state index in [0.29, 0.717) is 23.5 Å². The minimum Gasteiger partial charge on any atom is -0.326 e. The summed E-state index contributed by atoms with van der Waals surface area (Å²) in [4.78, 5) is 38.0. The van der Waals surface area contributed by atoms with E-state index >= 15 is 0 Å². The van der Waals surface area contributed by atoms with Gasteiger partial charge in [0.1, 0.15) is 0 Å². The number of hydrogen-bond acceptors (Lipinski definition) is 3. The van der Waals surface area contributed by atoms with Crippen LogP contribution in [0.15, 0.2) is 77.6 Å². The molecule has 33 heavy (non-hydrogen) atoms. The number of carbonyl (C=O) groups is 2. The second-order valence-corrected chi connectivity index (χ2v) is 7.76. The van der Waals surface area contributed by atoms with Crippen molar-refractivity contribution in [2.45, 2.75) is 33.4 Å². The number of benzene rings is 3. The molecule has 1 heterocycles. The van der Waals surface area contributed by atoms with Crippen LogP contribution in [0.4, 0.5) is 11.4 Å². The van der Waals surface area contributed by atoms with E-state index in [4.69, 9.17) is 0 Å². The van der Waals surface area contributed by atoms with Crippen molar-refractivity contribution < 1.29 is 9.59 Å². The van der Waals surface area contributed by atoms with Gasteiger partial charge in [-0.2, -0.15) is 0 Å². The summed E-state index contributed by atoms with van der Waals surface area (Å²) in [6, 6.07) is 21.9. The minimum absolute atomic E-state index is 0.117. The van der Waals surface area contributed by atoms with Crippen molar-refractivity contribution in [2.24, 2.45) is 0 Å². The van der Waals surface area contributed by atoms with Gasteiger partial charge in [-0.1, -0.05) is 36.4 Å². The summed E-state index contributed by atoms with van der Waals surface area (Å²) in [6.45, 7) is 4.62. The molecule has 4 aromatic rings. The fourth-order valence-corrected chi connectivity index (χ4v) is 3.91. The van der Waals surface area contributed by atoms with E-state index in [1.54, 1.807) is 39.5 Å². The number of hydrogen-bond donors (Lipinski definition) is 2. The molecule has 0 aliphatic heterocycles. The van der Waals surface area contributed by atoms with Crippen LogP contribution in [0.5, 0.6) is 0 Å². The van der Waals surface area contributed by atoms with Crippen molar-refractivity contribution >= 4 is 34.2 Å². The molecular weight excluding hydrogens is 416 g/mol. The number of aromatic nitrogens is 2. The number of nitrogens with one attached hydrogen (secondary N) is 2. The molecule has 0 spiro atoms. The molecule has 168 valence electrons. The molecule has 1 aromatic heterocycles. The standard InChI is InChI=1S/C26H26N4O3/c1-3-29-22-14-7-8-15-23(22)30(26(29)33)17-16-24(31)27-20-12-9-13-21(18(20)2)28-25(32)19-10-5-4-6-11-19/h4-15H,3,16-17H2,1-2H3,(H,27,31)(H,28,32). The van der Waals surface area contributed by atoms with Crippen molar-refractivity contribution in [3.63, 3.8) is 0 Å². The number of fused-ring (bicyclic) bond motifs is 1. The second kappa shape index (κ2) is 9.56. The average Bonchev–Trinajstić information content (AvgIpc) is 3.11. The third-order valence-electron chi connectivity index (χ3n) is 5.70. The maximum Gasteiger partial charge on any atom is 0.329 e. The second-order valence-electron chi connectivity index (χ2n) is 7.76. The first kappa shape index (κ1) is 22.1. The van der Waals surface area contributed by atoms with Crippen molar-refractivity contribution in [2.75, 3.05) is 10.6 Å². The van der Waals surface area contributed by atoms with Crippen LogP contribution in [-0.4, -0.2) is 20.9 Å². The molecule has 0 aliphatic carbocycles. The Morgan fingerprint density at radius 3 is 2.06 bits per heavy atom. The summed E-state index contributed by atoms with van der Waals surface area (Å²) >= 11 is 0. The highest BCUT2D eigenvalue weighted by molar-refractivity contribution is 6.05. The lowest BCUT2D eigenvalue weighted by atomic mass is 10.1. The quantitative estimate of drug-likeness (QED) is 0.445. The molecule has 2 N–H and O–H groups in total. The number of para-hydroxylation sites is 2. The third-order valence-corrected chi connectivity index (χ3v) is 5.70. The summed E-state index contributed by atoms with van der Waals surface area (Å²) in [5.74, 6) is -0.418. The number of amides is 2. The summed E-state index contributed by atoms with van der Waals surface area (Å²) < 4.78 is 3.35. The van der Waals surface area contributed by atoms with Crippen LogP contribution in [0, 0.1) is 6.92 Å². The van der Waals surface area contributed by atoms with Gasteiger partial charge in [-0.3, -0.25) is 18.7 Å². The van der Waals surface area contributed by atoms with Gasteiger partial charge in [0.2, 0.25) is 5.91 Å². The molecule has 2 amide bonds. The SMILES string of the molecule is CCn1c(=O)n(CCC(=O)Nc2cccc(NC(=O)c3ccccc3)c2C)c2ccccc21. The molecule has 7 nitrogen and oxygen atoms in total. The minimum atomic E-state index is -0.214. The molecule has 0 fully saturated rings. The van der Waals surface area contributed by atoms with Crippen LogP contribution in [0.2, 0.25) is 0 Å². The van der Waals surface area contributed by atoms with Gasteiger partial charge in [0.05, 0.1) is 11.0 Å². The number of nitrogens with zero attached hydrogens (tertiary/aromatic N) is 2. The van der Waals surface area contributed by atoms with Gasteiger partial charge < -0.3 is 10.6 Å². The molecule has 0 unspecified atom stereocenters. The van der Waals surface area contributed by atoms with Crippen molar-refractivity contribution in [1.82, 2.24) is 9.13 Å². The van der Waals surface area contributed by atoms with Crippen LogP contribution in [-0.2, 0) is 17.9 Å². The molecule has 3 aromatic carbocycles. The smallest absolute Gasteiger partial charge is 0.326 e. The third kappa shape index (κ3) is 4.57. The number of aryl methyl sites for hydroxylation is 2. The van der Waals surface area contributed by atoms with Crippen molar-refractivity contribution in [1.29, 1.82) is 0 Å². The zero-order valence-corrected chi connectivity index (χ0v) is 18.7. The largest absolute Gasteiger partial charge is 0.329 e. The Hall–Kier alpha value is -4.13. The Labute approximate surface area is 191 Å². The van der Waals surface area contributed by atoms with Crippen LogP contribution in [0.3, 0.4) is 0 Å². The van der Waals surface area contributed by atoms with E-state index < -0.39 is 0 Å². The predicted octanol–water partition coefficient (Wildman–Crippen LogP) is 4.41. The Morgan fingerprint density at radius 1 is 0.788 bits per heavy atom. The number of carbonyl (C=O) groups excluding carboxylic acids is 2. The zero-order valence-electron chi connectivity index (χ0n) is 18.7. The molecule has 0 saturated carbocycles. The fraction of sp³-hybridized carbons (Fsp3) is 0.192. The van der Waals surface area contributed by atoms with E-state index in [9.17, 15) is 14.4 Å². The molecule has 0 aliphatic rings. The summed E-state index contributed by atoms with van der Waals surface area (Å²) in [7, 11) is 0. The fourth-order valence-electron chi connectivity index (χ4n) is 3.91. The van der Waals surface area contributed by atoms with Crippen LogP contribution in [0.25, 0.3) is 11.0 Å². The van der Waals surface area contributed by atoms with E-state index in [2.05, 4.69) is 10.6 Å². The topological polar surface area (TPSA) is 85.1 Å². The van der Waals surface area contributed by atoms with Crippen molar-refractivity contribution in [3.8, 4) is 0 Å². The normalized spacial score (nSPS) is 10.8. The van der Waals surface area contributed by atoms with Gasteiger partial charge in [0.15, 0.2) is 0 Å². The Kier molecular flexibility index (Phi) is 6.40. The van der Waals surface area contributed by atoms with Crippen LogP contribution >= 0.6 is 0 Å². The van der Waals surface area contributed by atoms with E-state index in [-0.39, 0.29) is 30.5 Å². The first-order chi connectivity index (χ1) is 16.0. The monoisotopic (exact) mass is 442 g/mol. The average molecular weight is 443 g/mol. The number of anilines is 2. The summed E-state index contributed by atoms with van der Waals surface area (Å²) in [5.41, 5.74) is 4.13. The van der Waals surface area contributed by atoms with Crippen molar-refractivity contribution in [3.05, 3.63) is 94.4 Å². The number of imidazole rings is 1. The highest BCUT2D eigenvalue weighted by atomic mass is 16.2. The lowest BCUT2D eigenvalue weighted by Crippen LogP contribution is -2.25. The lowest BCUT2D eigenvalue weighted by Gasteiger charge is -2.14. The highest BCUT2D eigenvalue weighted by Gasteiger charge is 2.14.